The Labute approximate surface area is 103 Å². The molecule has 0 aliphatic rings. The van der Waals surface area contributed by atoms with Crippen molar-refractivity contribution in [1.29, 1.82) is 0 Å². The lowest BCUT2D eigenvalue weighted by Gasteiger charge is -2.17. The summed E-state index contributed by atoms with van der Waals surface area (Å²) >= 11 is 0. The number of halogens is 1. The molecule has 6 heteroatoms. The second-order valence-electron chi connectivity index (χ2n) is 3.53. The maximum Gasteiger partial charge on any atom is 0.250 e. The van der Waals surface area contributed by atoms with Crippen LogP contribution in [0.25, 0.3) is 0 Å². The summed E-state index contributed by atoms with van der Waals surface area (Å²) < 4.78 is 4.77. The average Bonchev–Trinajstić information content (AvgIpc) is 2.24. The Hall–Kier alpha value is -0.360. The van der Waals surface area contributed by atoms with E-state index in [1.807, 2.05) is 6.92 Å². The smallest absolute Gasteiger partial charge is 0.250 e. The standard InChI is InChI=1S/C10H22N2O3.ClH/c1-3-4-5-8(11)9(13)10(14)12-6-7-15-2;/h8-9,13H,3-7,11H2,1-2H3,(H,12,14);1H/t8-,9+;/m1./s1. The largest absolute Gasteiger partial charge is 0.383 e. The van der Waals surface area contributed by atoms with E-state index in [2.05, 4.69) is 5.32 Å². The topological polar surface area (TPSA) is 84.6 Å². The molecule has 2 atom stereocenters. The predicted molar refractivity (Wildman–Crippen MR) is 65.6 cm³/mol. The number of nitrogens with two attached hydrogens (primary N) is 1. The highest BCUT2D eigenvalue weighted by molar-refractivity contribution is 5.85. The van der Waals surface area contributed by atoms with Crippen LogP contribution in [0.15, 0.2) is 0 Å². The van der Waals surface area contributed by atoms with E-state index in [4.69, 9.17) is 10.5 Å². The van der Waals surface area contributed by atoms with E-state index in [-0.39, 0.29) is 12.4 Å². The van der Waals surface area contributed by atoms with Crippen molar-refractivity contribution in [3.05, 3.63) is 0 Å². The zero-order valence-electron chi connectivity index (χ0n) is 9.94. The van der Waals surface area contributed by atoms with Gasteiger partial charge in [0.05, 0.1) is 6.61 Å². The minimum Gasteiger partial charge on any atom is -0.383 e. The number of rotatable bonds is 8. The number of nitrogens with one attached hydrogen (secondary N) is 1. The molecule has 0 fully saturated rings. The summed E-state index contributed by atoms with van der Waals surface area (Å²) in [6.45, 7) is 2.87. The van der Waals surface area contributed by atoms with E-state index < -0.39 is 18.1 Å². The molecule has 0 bridgehead atoms. The number of hydrogen-bond acceptors (Lipinski definition) is 4. The summed E-state index contributed by atoms with van der Waals surface area (Å²) in [4.78, 5) is 11.3. The lowest BCUT2D eigenvalue weighted by molar-refractivity contribution is -0.130. The van der Waals surface area contributed by atoms with Gasteiger partial charge in [-0.05, 0) is 6.42 Å². The number of aliphatic hydroxyl groups excluding tert-OH is 1. The number of hydrogen-bond donors (Lipinski definition) is 3. The molecule has 0 rings (SSSR count). The molecule has 16 heavy (non-hydrogen) atoms. The molecule has 0 unspecified atom stereocenters. The molecule has 0 aromatic rings. The van der Waals surface area contributed by atoms with E-state index in [0.29, 0.717) is 19.6 Å². The highest BCUT2D eigenvalue weighted by Crippen LogP contribution is 2.02. The van der Waals surface area contributed by atoms with Crippen LogP contribution < -0.4 is 11.1 Å². The van der Waals surface area contributed by atoms with Crippen LogP contribution in [-0.4, -0.2) is 43.4 Å². The Balaban J connectivity index is 0. The minimum atomic E-state index is -1.12. The first-order valence-corrected chi connectivity index (χ1v) is 5.33. The molecule has 0 saturated heterocycles. The number of ether oxygens (including phenoxy) is 1. The van der Waals surface area contributed by atoms with Crippen LogP contribution in [0.5, 0.6) is 0 Å². The summed E-state index contributed by atoms with van der Waals surface area (Å²) in [5.41, 5.74) is 5.67. The molecule has 0 aromatic carbocycles. The normalized spacial score (nSPS) is 13.8. The first-order chi connectivity index (χ1) is 7.13. The summed E-state index contributed by atoms with van der Waals surface area (Å²) in [5, 5.41) is 12.1. The lowest BCUT2D eigenvalue weighted by Crippen LogP contribution is -2.47. The Morgan fingerprint density at radius 2 is 2.19 bits per heavy atom. The van der Waals surface area contributed by atoms with Gasteiger partial charge in [0.15, 0.2) is 0 Å². The lowest BCUT2D eigenvalue weighted by atomic mass is 10.0. The molecule has 0 radical (unpaired) electrons. The van der Waals surface area contributed by atoms with Gasteiger partial charge in [-0.3, -0.25) is 4.79 Å². The number of aliphatic hydroxyl groups is 1. The van der Waals surface area contributed by atoms with Crippen LogP contribution in [0.4, 0.5) is 0 Å². The SMILES string of the molecule is CCCC[C@@H](N)[C@H](O)C(=O)NCCOC.Cl. The quantitative estimate of drug-likeness (QED) is 0.535. The molecule has 0 saturated carbocycles. The Morgan fingerprint density at radius 3 is 2.69 bits per heavy atom. The van der Waals surface area contributed by atoms with Gasteiger partial charge in [-0.1, -0.05) is 19.8 Å². The molecule has 0 spiro atoms. The first kappa shape index (κ1) is 18.0. The Kier molecular flexibility index (Phi) is 12.5. The Bertz CT molecular complexity index is 181. The van der Waals surface area contributed by atoms with Gasteiger partial charge in [-0.25, -0.2) is 0 Å². The molecule has 5 nitrogen and oxygen atoms in total. The molecule has 1 amide bonds. The zero-order valence-corrected chi connectivity index (χ0v) is 10.8. The van der Waals surface area contributed by atoms with Crippen molar-refractivity contribution in [2.24, 2.45) is 5.73 Å². The van der Waals surface area contributed by atoms with Crippen LogP contribution in [0.1, 0.15) is 26.2 Å². The molecular formula is C10H23ClN2O3. The minimum absolute atomic E-state index is 0. The number of amides is 1. The second kappa shape index (κ2) is 11.1. The molecule has 0 heterocycles. The molecule has 0 aliphatic carbocycles. The van der Waals surface area contributed by atoms with Gasteiger partial charge in [0.2, 0.25) is 0 Å². The van der Waals surface area contributed by atoms with Gasteiger partial charge in [0.1, 0.15) is 6.10 Å². The van der Waals surface area contributed by atoms with Gasteiger partial charge in [-0.15, -0.1) is 12.4 Å². The predicted octanol–water partition coefficient (Wildman–Crippen LogP) is 0.0492. The fourth-order valence-electron chi connectivity index (χ4n) is 1.17. The second-order valence-corrected chi connectivity index (χ2v) is 3.53. The summed E-state index contributed by atoms with van der Waals surface area (Å²) in [5.74, 6) is -0.421. The molecule has 98 valence electrons. The van der Waals surface area contributed by atoms with Crippen molar-refractivity contribution in [1.82, 2.24) is 5.32 Å². The van der Waals surface area contributed by atoms with Crippen LogP contribution in [-0.2, 0) is 9.53 Å². The van der Waals surface area contributed by atoms with Crippen molar-refractivity contribution >= 4 is 18.3 Å². The molecule has 0 aromatic heterocycles. The van der Waals surface area contributed by atoms with Crippen LogP contribution in [0.2, 0.25) is 0 Å². The highest BCUT2D eigenvalue weighted by atomic mass is 35.5. The first-order valence-electron chi connectivity index (χ1n) is 5.33. The van der Waals surface area contributed by atoms with Gasteiger partial charge < -0.3 is 20.9 Å². The highest BCUT2D eigenvalue weighted by Gasteiger charge is 2.21. The monoisotopic (exact) mass is 254 g/mol. The summed E-state index contributed by atoms with van der Waals surface area (Å²) in [6, 6.07) is -0.479. The number of methoxy groups -OCH3 is 1. The summed E-state index contributed by atoms with van der Waals surface area (Å²) in [7, 11) is 1.55. The van der Waals surface area contributed by atoms with Crippen molar-refractivity contribution in [2.75, 3.05) is 20.3 Å². The van der Waals surface area contributed by atoms with E-state index in [1.54, 1.807) is 7.11 Å². The average molecular weight is 255 g/mol. The number of unbranched alkanes of at least 4 members (excludes halogenated alkanes) is 1. The van der Waals surface area contributed by atoms with Crippen LogP contribution >= 0.6 is 12.4 Å². The van der Waals surface area contributed by atoms with Crippen molar-refractivity contribution in [2.45, 2.75) is 38.3 Å². The van der Waals surface area contributed by atoms with Crippen molar-refractivity contribution in [3.63, 3.8) is 0 Å². The van der Waals surface area contributed by atoms with Gasteiger partial charge >= 0.3 is 0 Å². The summed E-state index contributed by atoms with van der Waals surface area (Å²) in [6.07, 6.45) is 1.47. The molecule has 4 N–H and O–H groups in total. The van der Waals surface area contributed by atoms with Crippen LogP contribution in [0.3, 0.4) is 0 Å². The van der Waals surface area contributed by atoms with Crippen molar-refractivity contribution < 1.29 is 14.6 Å². The Morgan fingerprint density at radius 1 is 1.56 bits per heavy atom. The van der Waals surface area contributed by atoms with Gasteiger partial charge in [-0.2, -0.15) is 0 Å². The van der Waals surface area contributed by atoms with E-state index in [1.165, 1.54) is 0 Å². The van der Waals surface area contributed by atoms with Gasteiger partial charge in [0, 0.05) is 19.7 Å². The van der Waals surface area contributed by atoms with E-state index in [9.17, 15) is 9.90 Å². The maximum absolute atomic E-state index is 11.3. The third kappa shape index (κ3) is 7.87. The fraction of sp³-hybridized carbons (Fsp3) is 0.900. The van der Waals surface area contributed by atoms with Gasteiger partial charge in [0.25, 0.3) is 5.91 Å². The van der Waals surface area contributed by atoms with E-state index in [0.717, 1.165) is 12.8 Å². The van der Waals surface area contributed by atoms with E-state index >= 15 is 0 Å². The third-order valence-corrected chi connectivity index (χ3v) is 2.17. The third-order valence-electron chi connectivity index (χ3n) is 2.17. The molecular weight excluding hydrogens is 232 g/mol. The fourth-order valence-corrected chi connectivity index (χ4v) is 1.17. The molecule has 0 aliphatic heterocycles. The maximum atomic E-state index is 11.3. The zero-order chi connectivity index (χ0) is 11.7. The van der Waals surface area contributed by atoms with Crippen LogP contribution in [0, 0.1) is 0 Å². The van der Waals surface area contributed by atoms with Crippen molar-refractivity contribution in [3.8, 4) is 0 Å². The number of carbonyl (C=O) groups excluding carboxylic acids is 1. The number of carbonyl (C=O) groups is 1.